The number of nitrogens with one attached hydrogen (secondary N) is 2. The quantitative estimate of drug-likeness (QED) is 0.656. The van der Waals surface area contributed by atoms with E-state index >= 15 is 0 Å². The summed E-state index contributed by atoms with van der Waals surface area (Å²) in [6.45, 7) is 5.13. The first-order valence-electron chi connectivity index (χ1n) is 7.73. The summed E-state index contributed by atoms with van der Waals surface area (Å²) < 4.78 is 51.2. The van der Waals surface area contributed by atoms with Crippen LogP contribution in [0, 0.1) is 11.7 Å². The highest BCUT2D eigenvalue weighted by Crippen LogP contribution is 2.22. The van der Waals surface area contributed by atoms with Gasteiger partial charge in [0.2, 0.25) is 10.0 Å². The van der Waals surface area contributed by atoms with Crippen LogP contribution in [-0.2, 0) is 14.8 Å². The zero-order valence-corrected chi connectivity index (χ0v) is 14.0. The van der Waals surface area contributed by atoms with Crippen LogP contribution in [-0.4, -0.2) is 47.9 Å². The van der Waals surface area contributed by atoms with E-state index in [2.05, 4.69) is 10.0 Å². The van der Waals surface area contributed by atoms with E-state index in [0.29, 0.717) is 26.4 Å². The Balaban J connectivity index is 1.94. The molecule has 0 radical (unpaired) electrons. The molecule has 1 unspecified atom stereocenters. The van der Waals surface area contributed by atoms with Crippen LogP contribution in [0.15, 0.2) is 23.1 Å². The Bertz CT molecular complexity index is 603. The van der Waals surface area contributed by atoms with E-state index < -0.39 is 15.8 Å². The van der Waals surface area contributed by atoms with Gasteiger partial charge >= 0.3 is 0 Å². The first kappa shape index (κ1) is 18.1. The smallest absolute Gasteiger partial charge is 0.240 e. The molecule has 1 atom stereocenters. The summed E-state index contributed by atoms with van der Waals surface area (Å²) in [6.07, 6.45) is 0.893. The molecule has 1 aliphatic rings. The van der Waals surface area contributed by atoms with E-state index in [4.69, 9.17) is 9.47 Å². The lowest BCUT2D eigenvalue weighted by Gasteiger charge is -2.12. The number of sulfonamides is 1. The van der Waals surface area contributed by atoms with Crippen LogP contribution in [0.3, 0.4) is 0 Å². The van der Waals surface area contributed by atoms with Gasteiger partial charge in [0.15, 0.2) is 11.6 Å². The molecule has 2 N–H and O–H groups in total. The van der Waals surface area contributed by atoms with Crippen LogP contribution in [0.4, 0.5) is 4.39 Å². The fourth-order valence-electron chi connectivity index (χ4n) is 2.22. The Morgan fingerprint density at radius 3 is 2.87 bits per heavy atom. The summed E-state index contributed by atoms with van der Waals surface area (Å²) in [6, 6.07) is 3.68. The highest BCUT2D eigenvalue weighted by Gasteiger charge is 2.19. The summed E-state index contributed by atoms with van der Waals surface area (Å²) in [7, 11) is -3.72. The van der Waals surface area contributed by atoms with Gasteiger partial charge in [-0.2, -0.15) is 0 Å². The minimum atomic E-state index is -3.72. The van der Waals surface area contributed by atoms with Gasteiger partial charge in [0.25, 0.3) is 0 Å². The van der Waals surface area contributed by atoms with Crippen molar-refractivity contribution in [1.29, 1.82) is 0 Å². The van der Waals surface area contributed by atoms with E-state index in [1.165, 1.54) is 12.1 Å². The van der Waals surface area contributed by atoms with E-state index in [1.54, 1.807) is 0 Å². The first-order valence-corrected chi connectivity index (χ1v) is 9.21. The van der Waals surface area contributed by atoms with Crippen molar-refractivity contribution < 1.29 is 22.3 Å². The van der Waals surface area contributed by atoms with Gasteiger partial charge in [-0.15, -0.1) is 0 Å². The van der Waals surface area contributed by atoms with Crippen molar-refractivity contribution in [2.24, 2.45) is 5.92 Å². The predicted molar refractivity (Wildman–Crippen MR) is 84.6 cm³/mol. The Labute approximate surface area is 136 Å². The number of likely N-dealkylation sites (N-methyl/N-ethyl adjacent to an activating group) is 1. The Kier molecular flexibility index (Phi) is 6.76. The number of hydrogen-bond acceptors (Lipinski definition) is 5. The number of benzene rings is 1. The second-order valence-corrected chi connectivity index (χ2v) is 7.15. The lowest BCUT2D eigenvalue weighted by Crippen LogP contribution is -2.31. The van der Waals surface area contributed by atoms with Crippen LogP contribution in [0.25, 0.3) is 0 Å². The van der Waals surface area contributed by atoms with Crippen LogP contribution in [0.1, 0.15) is 13.3 Å². The standard InChI is InChI=1S/C15H23FN2O4S/c1-2-17-6-7-18-23(19,20)13-3-4-15(14(16)9-13)22-11-12-5-8-21-10-12/h3-4,9,12,17-18H,2,5-8,10-11H2,1H3. The van der Waals surface area contributed by atoms with Gasteiger partial charge in [-0.05, 0) is 31.2 Å². The fraction of sp³-hybridized carbons (Fsp3) is 0.600. The third-order valence-corrected chi connectivity index (χ3v) is 5.01. The van der Waals surface area contributed by atoms with Gasteiger partial charge < -0.3 is 14.8 Å². The highest BCUT2D eigenvalue weighted by atomic mass is 32.2. The molecular formula is C15H23FN2O4S. The van der Waals surface area contributed by atoms with Crippen LogP contribution in [0.2, 0.25) is 0 Å². The van der Waals surface area contributed by atoms with Crippen LogP contribution in [0.5, 0.6) is 5.75 Å². The molecule has 0 aliphatic carbocycles. The molecule has 8 heteroatoms. The predicted octanol–water partition coefficient (Wildman–Crippen LogP) is 1.13. The van der Waals surface area contributed by atoms with Gasteiger partial charge in [-0.1, -0.05) is 6.92 Å². The van der Waals surface area contributed by atoms with Gasteiger partial charge in [0.05, 0.1) is 18.1 Å². The first-order chi connectivity index (χ1) is 11.0. The summed E-state index contributed by atoms with van der Waals surface area (Å²) in [5, 5.41) is 3.00. The van der Waals surface area contributed by atoms with Crippen LogP contribution < -0.4 is 14.8 Å². The van der Waals surface area contributed by atoms with Gasteiger partial charge in [0, 0.05) is 25.6 Å². The Morgan fingerprint density at radius 1 is 1.39 bits per heavy atom. The van der Waals surface area contributed by atoms with Gasteiger partial charge in [-0.25, -0.2) is 17.5 Å². The molecule has 0 aromatic heterocycles. The lowest BCUT2D eigenvalue weighted by molar-refractivity contribution is 0.165. The number of ether oxygens (including phenoxy) is 2. The maximum Gasteiger partial charge on any atom is 0.240 e. The van der Waals surface area contributed by atoms with E-state index in [1.807, 2.05) is 6.92 Å². The second kappa shape index (κ2) is 8.58. The second-order valence-electron chi connectivity index (χ2n) is 5.38. The molecule has 1 saturated heterocycles. The molecule has 0 saturated carbocycles. The summed E-state index contributed by atoms with van der Waals surface area (Å²) >= 11 is 0. The fourth-order valence-corrected chi connectivity index (χ4v) is 3.27. The third kappa shape index (κ3) is 5.42. The van der Waals surface area contributed by atoms with Gasteiger partial charge in [-0.3, -0.25) is 0 Å². The zero-order valence-electron chi connectivity index (χ0n) is 13.2. The Hall–Kier alpha value is -1.22. The van der Waals surface area contributed by atoms with Crippen molar-refractivity contribution in [3.63, 3.8) is 0 Å². The molecule has 130 valence electrons. The van der Waals surface area contributed by atoms with Crippen molar-refractivity contribution in [3.05, 3.63) is 24.0 Å². The third-order valence-electron chi connectivity index (χ3n) is 3.56. The summed E-state index contributed by atoms with van der Waals surface area (Å²) in [5.74, 6) is -0.368. The topological polar surface area (TPSA) is 76.7 Å². The molecule has 1 fully saturated rings. The van der Waals surface area contributed by atoms with Gasteiger partial charge in [0.1, 0.15) is 0 Å². The molecular weight excluding hydrogens is 323 g/mol. The van der Waals surface area contributed by atoms with Crippen molar-refractivity contribution in [3.8, 4) is 5.75 Å². The monoisotopic (exact) mass is 346 g/mol. The molecule has 23 heavy (non-hydrogen) atoms. The average molecular weight is 346 g/mol. The molecule has 0 spiro atoms. The lowest BCUT2D eigenvalue weighted by atomic mass is 10.1. The number of hydrogen-bond donors (Lipinski definition) is 2. The maximum absolute atomic E-state index is 14.0. The van der Waals surface area contributed by atoms with E-state index in [-0.39, 0.29) is 23.1 Å². The van der Waals surface area contributed by atoms with E-state index in [9.17, 15) is 12.8 Å². The maximum atomic E-state index is 14.0. The molecule has 6 nitrogen and oxygen atoms in total. The summed E-state index contributed by atoms with van der Waals surface area (Å²) in [5.41, 5.74) is 0. The van der Waals surface area contributed by atoms with Crippen molar-refractivity contribution in [1.82, 2.24) is 10.0 Å². The minimum absolute atomic E-state index is 0.0588. The highest BCUT2D eigenvalue weighted by molar-refractivity contribution is 7.89. The van der Waals surface area contributed by atoms with Crippen LogP contribution >= 0.6 is 0 Å². The van der Waals surface area contributed by atoms with E-state index in [0.717, 1.165) is 19.0 Å². The normalized spacial score (nSPS) is 18.3. The molecule has 1 aliphatic heterocycles. The molecule has 1 aromatic rings. The molecule has 1 heterocycles. The summed E-state index contributed by atoms with van der Waals surface area (Å²) in [4.78, 5) is -0.108. The van der Waals surface area contributed by atoms with Crippen molar-refractivity contribution >= 4 is 10.0 Å². The van der Waals surface area contributed by atoms with Crippen molar-refractivity contribution in [2.45, 2.75) is 18.2 Å². The SMILES string of the molecule is CCNCCNS(=O)(=O)c1ccc(OCC2CCOC2)c(F)c1. The average Bonchev–Trinajstić information content (AvgIpc) is 3.04. The Morgan fingerprint density at radius 2 is 2.22 bits per heavy atom. The molecule has 1 aromatic carbocycles. The molecule has 0 amide bonds. The molecule has 2 rings (SSSR count). The number of rotatable bonds is 9. The molecule has 0 bridgehead atoms. The largest absolute Gasteiger partial charge is 0.490 e. The minimum Gasteiger partial charge on any atom is -0.490 e. The van der Waals surface area contributed by atoms with Crippen molar-refractivity contribution in [2.75, 3.05) is 39.5 Å². The number of halogens is 1. The zero-order chi connectivity index (χ0) is 16.7.